The summed E-state index contributed by atoms with van der Waals surface area (Å²) in [5.74, 6) is -1.70. The average Bonchev–Trinajstić information content (AvgIpc) is 2.22. The highest BCUT2D eigenvalue weighted by molar-refractivity contribution is 6.07. The van der Waals surface area contributed by atoms with Crippen molar-refractivity contribution in [2.24, 2.45) is 0 Å². The molecule has 1 rings (SSSR count). The van der Waals surface area contributed by atoms with Gasteiger partial charge in [0.1, 0.15) is 0 Å². The molecule has 0 saturated carbocycles. The summed E-state index contributed by atoms with van der Waals surface area (Å²) in [4.78, 5) is 24.8. The molecule has 0 aromatic heterocycles. The maximum atomic E-state index is 14.4. The molecule has 1 atom stereocenters. The molecule has 0 radical (unpaired) electrons. The Labute approximate surface area is 94.7 Å². The van der Waals surface area contributed by atoms with Crippen LogP contribution in [0.2, 0.25) is 0 Å². The molecule has 1 unspecified atom stereocenters. The van der Waals surface area contributed by atoms with Crippen LogP contribution in [0.5, 0.6) is 0 Å². The molecule has 16 heavy (non-hydrogen) atoms. The molecule has 1 fully saturated rings. The number of rotatable bonds is 2. The van der Waals surface area contributed by atoms with E-state index in [4.69, 9.17) is 0 Å². The second-order valence-corrected chi connectivity index (χ2v) is 4.14. The topological polar surface area (TPSA) is 46.6 Å². The summed E-state index contributed by atoms with van der Waals surface area (Å²) in [5, 5.41) is 0. The Bertz CT molecular complexity index is 272. The SMILES string of the molecule is CCOC(=O)C1(F)CN(C)CCCCC1=O. The number of alkyl halides is 1. The molecule has 1 saturated heterocycles. The quantitative estimate of drug-likeness (QED) is 0.524. The molecule has 0 spiro atoms. The fourth-order valence-corrected chi connectivity index (χ4v) is 1.83. The first-order valence-corrected chi connectivity index (χ1v) is 5.58. The molecule has 0 aliphatic carbocycles. The first-order valence-electron chi connectivity index (χ1n) is 5.58. The lowest BCUT2D eigenvalue weighted by molar-refractivity contribution is -0.164. The van der Waals surface area contributed by atoms with E-state index in [9.17, 15) is 14.0 Å². The third-order valence-corrected chi connectivity index (χ3v) is 2.72. The van der Waals surface area contributed by atoms with E-state index in [1.165, 1.54) is 0 Å². The highest BCUT2D eigenvalue weighted by Gasteiger charge is 2.48. The van der Waals surface area contributed by atoms with Crippen LogP contribution in [0.4, 0.5) is 4.39 Å². The first kappa shape index (κ1) is 13.1. The van der Waals surface area contributed by atoms with Crippen molar-refractivity contribution in [3.8, 4) is 0 Å². The van der Waals surface area contributed by atoms with Gasteiger partial charge in [0.2, 0.25) is 0 Å². The summed E-state index contributed by atoms with van der Waals surface area (Å²) in [6.07, 6.45) is 1.58. The van der Waals surface area contributed by atoms with Crippen molar-refractivity contribution in [1.82, 2.24) is 4.90 Å². The summed E-state index contributed by atoms with van der Waals surface area (Å²) < 4.78 is 19.0. The summed E-state index contributed by atoms with van der Waals surface area (Å²) in [5.41, 5.74) is -2.48. The predicted molar refractivity (Wildman–Crippen MR) is 56.8 cm³/mol. The van der Waals surface area contributed by atoms with Crippen LogP contribution >= 0.6 is 0 Å². The van der Waals surface area contributed by atoms with Gasteiger partial charge in [-0.05, 0) is 33.4 Å². The second kappa shape index (κ2) is 5.39. The number of hydrogen-bond donors (Lipinski definition) is 0. The van der Waals surface area contributed by atoms with Crippen molar-refractivity contribution in [3.63, 3.8) is 0 Å². The van der Waals surface area contributed by atoms with Crippen LogP contribution in [0.25, 0.3) is 0 Å². The summed E-state index contributed by atoms with van der Waals surface area (Å²) in [7, 11) is 1.70. The zero-order valence-electron chi connectivity index (χ0n) is 9.79. The van der Waals surface area contributed by atoms with Crippen molar-refractivity contribution in [2.45, 2.75) is 31.9 Å². The summed E-state index contributed by atoms with van der Waals surface area (Å²) >= 11 is 0. The molecule has 1 aliphatic heterocycles. The zero-order chi connectivity index (χ0) is 12.2. The molecule has 1 heterocycles. The molecule has 0 aromatic carbocycles. The molecule has 0 amide bonds. The minimum atomic E-state index is -2.48. The lowest BCUT2D eigenvalue weighted by Gasteiger charge is -2.29. The Kier molecular flexibility index (Phi) is 4.41. The Balaban J connectivity index is 2.84. The minimum Gasteiger partial charge on any atom is -0.463 e. The number of ether oxygens (including phenoxy) is 1. The van der Waals surface area contributed by atoms with Gasteiger partial charge in [-0.25, -0.2) is 9.18 Å². The zero-order valence-corrected chi connectivity index (χ0v) is 9.79. The van der Waals surface area contributed by atoms with E-state index in [0.717, 1.165) is 6.42 Å². The fraction of sp³-hybridized carbons (Fsp3) is 0.818. The van der Waals surface area contributed by atoms with E-state index in [2.05, 4.69) is 4.74 Å². The van der Waals surface area contributed by atoms with Gasteiger partial charge in [0.15, 0.2) is 5.78 Å². The Morgan fingerprint density at radius 2 is 2.25 bits per heavy atom. The summed E-state index contributed by atoms with van der Waals surface area (Å²) in [6.45, 7) is 2.17. The second-order valence-electron chi connectivity index (χ2n) is 4.14. The molecule has 1 aliphatic rings. The number of nitrogens with zero attached hydrogens (tertiary/aromatic N) is 1. The molecule has 4 nitrogen and oxygen atoms in total. The molecular formula is C11H18FNO3. The number of esters is 1. The van der Waals surface area contributed by atoms with E-state index in [-0.39, 0.29) is 19.6 Å². The third-order valence-electron chi connectivity index (χ3n) is 2.72. The van der Waals surface area contributed by atoms with Gasteiger partial charge < -0.3 is 9.64 Å². The van der Waals surface area contributed by atoms with Crippen LogP contribution in [0.1, 0.15) is 26.2 Å². The van der Waals surface area contributed by atoms with Gasteiger partial charge in [-0.2, -0.15) is 0 Å². The van der Waals surface area contributed by atoms with E-state index in [0.29, 0.717) is 13.0 Å². The van der Waals surface area contributed by atoms with Gasteiger partial charge in [0, 0.05) is 6.42 Å². The van der Waals surface area contributed by atoms with Crippen LogP contribution in [0.3, 0.4) is 0 Å². The number of carbonyl (C=O) groups excluding carboxylic acids is 2. The third kappa shape index (κ3) is 2.78. The summed E-state index contributed by atoms with van der Waals surface area (Å²) in [6, 6.07) is 0. The van der Waals surface area contributed by atoms with E-state index in [1.54, 1.807) is 18.9 Å². The number of hydrogen-bond acceptors (Lipinski definition) is 4. The van der Waals surface area contributed by atoms with Gasteiger partial charge in [0.25, 0.3) is 5.67 Å². The average molecular weight is 231 g/mol. The van der Waals surface area contributed by atoms with E-state index >= 15 is 0 Å². The van der Waals surface area contributed by atoms with Gasteiger partial charge in [-0.3, -0.25) is 4.79 Å². The van der Waals surface area contributed by atoms with Crippen LogP contribution in [-0.4, -0.2) is 49.1 Å². The van der Waals surface area contributed by atoms with E-state index in [1.807, 2.05) is 0 Å². The lowest BCUT2D eigenvalue weighted by atomic mass is 9.93. The fourth-order valence-electron chi connectivity index (χ4n) is 1.83. The van der Waals surface area contributed by atoms with Crippen molar-refractivity contribution in [1.29, 1.82) is 0 Å². The number of halogens is 1. The predicted octanol–water partition coefficient (Wildman–Crippen LogP) is 0.943. The molecule has 0 N–H and O–H groups in total. The monoisotopic (exact) mass is 231 g/mol. The van der Waals surface area contributed by atoms with Crippen molar-refractivity contribution in [3.05, 3.63) is 0 Å². The van der Waals surface area contributed by atoms with Gasteiger partial charge >= 0.3 is 5.97 Å². The Morgan fingerprint density at radius 1 is 1.56 bits per heavy atom. The standard InChI is InChI=1S/C11H18FNO3/c1-3-16-10(15)11(12)8-13(2)7-5-4-6-9(11)14/h3-8H2,1-2H3. The lowest BCUT2D eigenvalue weighted by Crippen LogP contribution is -2.52. The normalized spacial score (nSPS) is 28.3. The molecular weight excluding hydrogens is 213 g/mol. The number of likely N-dealkylation sites (tertiary alicyclic amines) is 1. The van der Waals surface area contributed by atoms with Crippen LogP contribution in [0.15, 0.2) is 0 Å². The van der Waals surface area contributed by atoms with Crippen molar-refractivity contribution in [2.75, 3.05) is 26.7 Å². The number of Topliss-reactive ketones (excluding diaryl/α,β-unsaturated/α-hetero) is 1. The Morgan fingerprint density at radius 3 is 2.88 bits per heavy atom. The highest BCUT2D eigenvalue weighted by atomic mass is 19.1. The molecule has 0 aromatic rings. The van der Waals surface area contributed by atoms with Gasteiger partial charge in [-0.15, -0.1) is 0 Å². The van der Waals surface area contributed by atoms with Crippen LogP contribution < -0.4 is 0 Å². The van der Waals surface area contributed by atoms with Gasteiger partial charge in [0.05, 0.1) is 13.2 Å². The van der Waals surface area contributed by atoms with Crippen molar-refractivity contribution >= 4 is 11.8 Å². The maximum absolute atomic E-state index is 14.4. The number of carbonyl (C=O) groups is 2. The number of ketones is 1. The Hall–Kier alpha value is -0.970. The molecule has 5 heteroatoms. The van der Waals surface area contributed by atoms with E-state index < -0.39 is 17.4 Å². The highest BCUT2D eigenvalue weighted by Crippen LogP contribution is 2.22. The molecule has 0 bridgehead atoms. The molecule has 92 valence electrons. The largest absolute Gasteiger partial charge is 0.463 e. The van der Waals surface area contributed by atoms with Crippen LogP contribution in [-0.2, 0) is 14.3 Å². The first-order chi connectivity index (χ1) is 7.50. The smallest absolute Gasteiger partial charge is 0.353 e. The minimum absolute atomic E-state index is 0.0848. The van der Waals surface area contributed by atoms with Gasteiger partial charge in [-0.1, -0.05) is 0 Å². The van der Waals surface area contributed by atoms with Crippen LogP contribution in [0, 0.1) is 0 Å². The maximum Gasteiger partial charge on any atom is 0.353 e. The van der Waals surface area contributed by atoms with Crippen molar-refractivity contribution < 1.29 is 18.7 Å².